The van der Waals surface area contributed by atoms with Crippen LogP contribution in [0.25, 0.3) is 22.6 Å². The standard InChI is InChI=1S/C14H13N3O2S/c1-19-11-7-6-9-12(13(11)20(2)18)17-14(16-9)10-5-3-4-8-15-10/h3-8H,1-2H3,(H,16,17). The van der Waals surface area contributed by atoms with Gasteiger partial charge in [-0.25, -0.2) is 4.98 Å². The summed E-state index contributed by atoms with van der Waals surface area (Å²) in [7, 11) is 1.56. The SMILES string of the molecule is COc1ccc2nc(-c3ccccn3)[nH]c2c1[S+](C)[O-]. The molecule has 2 heterocycles. The van der Waals surface area contributed by atoms with Crippen molar-refractivity contribution in [2.75, 3.05) is 13.4 Å². The van der Waals surface area contributed by atoms with Gasteiger partial charge >= 0.3 is 0 Å². The lowest BCUT2D eigenvalue weighted by Crippen LogP contribution is -2.01. The number of H-pyrrole nitrogens is 1. The van der Waals surface area contributed by atoms with E-state index >= 15 is 0 Å². The lowest BCUT2D eigenvalue weighted by atomic mass is 10.3. The van der Waals surface area contributed by atoms with Crippen LogP contribution in [0, 0.1) is 0 Å². The number of hydrogen-bond donors (Lipinski definition) is 1. The number of imidazole rings is 1. The maximum absolute atomic E-state index is 12.0. The second-order valence-corrected chi connectivity index (χ2v) is 5.56. The van der Waals surface area contributed by atoms with Gasteiger partial charge in [-0.2, -0.15) is 0 Å². The number of aromatic amines is 1. The molecule has 1 unspecified atom stereocenters. The van der Waals surface area contributed by atoms with Crippen LogP contribution >= 0.6 is 0 Å². The summed E-state index contributed by atoms with van der Waals surface area (Å²) < 4.78 is 17.2. The number of nitrogens with one attached hydrogen (secondary N) is 1. The number of ether oxygens (including phenoxy) is 1. The summed E-state index contributed by atoms with van der Waals surface area (Å²) in [5, 5.41) is 0. The number of aromatic nitrogens is 3. The fourth-order valence-corrected chi connectivity index (χ4v) is 2.98. The third-order valence-corrected chi connectivity index (χ3v) is 3.97. The molecular weight excluding hydrogens is 274 g/mol. The molecule has 0 aliphatic rings. The molecule has 0 bridgehead atoms. The summed E-state index contributed by atoms with van der Waals surface area (Å²) in [6, 6.07) is 9.24. The van der Waals surface area contributed by atoms with Gasteiger partial charge in [0.25, 0.3) is 0 Å². The molecule has 0 aliphatic carbocycles. The molecule has 0 radical (unpaired) electrons. The Bertz CT molecular complexity index is 741. The molecular formula is C14H13N3O2S. The third kappa shape index (κ3) is 2.13. The minimum atomic E-state index is -1.17. The molecule has 0 fully saturated rings. The van der Waals surface area contributed by atoms with Crippen molar-refractivity contribution in [3.63, 3.8) is 0 Å². The Hall–Kier alpha value is -2.05. The van der Waals surface area contributed by atoms with E-state index in [1.165, 1.54) is 0 Å². The van der Waals surface area contributed by atoms with E-state index in [-0.39, 0.29) is 0 Å². The Balaban J connectivity index is 2.23. The summed E-state index contributed by atoms with van der Waals surface area (Å²) in [6.45, 7) is 0. The maximum Gasteiger partial charge on any atom is 0.219 e. The van der Waals surface area contributed by atoms with Gasteiger partial charge in [-0.3, -0.25) is 4.98 Å². The van der Waals surface area contributed by atoms with E-state index in [1.807, 2.05) is 24.3 Å². The number of benzene rings is 1. The van der Waals surface area contributed by atoms with Crippen molar-refractivity contribution >= 4 is 22.2 Å². The largest absolute Gasteiger partial charge is 0.611 e. The first-order chi connectivity index (χ1) is 9.70. The van der Waals surface area contributed by atoms with Gasteiger partial charge in [-0.1, -0.05) is 6.07 Å². The first-order valence-corrected chi connectivity index (χ1v) is 7.58. The Labute approximate surface area is 119 Å². The Morgan fingerprint density at radius 1 is 1.25 bits per heavy atom. The van der Waals surface area contributed by atoms with Gasteiger partial charge in [-0.05, 0) is 35.4 Å². The molecule has 3 aromatic rings. The van der Waals surface area contributed by atoms with Gasteiger partial charge in [-0.15, -0.1) is 0 Å². The van der Waals surface area contributed by atoms with Crippen LogP contribution in [0.4, 0.5) is 0 Å². The lowest BCUT2D eigenvalue weighted by Gasteiger charge is -2.09. The smallest absolute Gasteiger partial charge is 0.219 e. The van der Waals surface area contributed by atoms with Crippen LogP contribution in [0.5, 0.6) is 5.75 Å². The molecule has 1 aromatic carbocycles. The molecule has 0 aliphatic heterocycles. The number of hydrogen-bond acceptors (Lipinski definition) is 4. The van der Waals surface area contributed by atoms with Crippen molar-refractivity contribution in [3.05, 3.63) is 36.5 Å². The zero-order valence-electron chi connectivity index (χ0n) is 11.1. The van der Waals surface area contributed by atoms with Gasteiger partial charge in [0.2, 0.25) is 4.90 Å². The van der Waals surface area contributed by atoms with Crippen LogP contribution in [0.2, 0.25) is 0 Å². The molecule has 1 atom stereocenters. The maximum atomic E-state index is 12.0. The number of pyridine rings is 1. The van der Waals surface area contributed by atoms with Gasteiger partial charge in [0.1, 0.15) is 17.5 Å². The van der Waals surface area contributed by atoms with Crippen molar-refractivity contribution < 1.29 is 9.29 Å². The highest BCUT2D eigenvalue weighted by Gasteiger charge is 2.20. The zero-order valence-corrected chi connectivity index (χ0v) is 11.9. The fourth-order valence-electron chi connectivity index (χ4n) is 2.10. The van der Waals surface area contributed by atoms with Crippen molar-refractivity contribution in [1.82, 2.24) is 15.0 Å². The van der Waals surface area contributed by atoms with E-state index in [9.17, 15) is 4.55 Å². The Kier molecular flexibility index (Phi) is 3.33. The van der Waals surface area contributed by atoms with Gasteiger partial charge in [0.15, 0.2) is 11.6 Å². The molecule has 2 aromatic heterocycles. The van der Waals surface area contributed by atoms with Crippen molar-refractivity contribution in [1.29, 1.82) is 0 Å². The number of rotatable bonds is 3. The highest BCUT2D eigenvalue weighted by Crippen LogP contribution is 2.32. The molecule has 20 heavy (non-hydrogen) atoms. The summed E-state index contributed by atoms with van der Waals surface area (Å²) in [4.78, 5) is 12.6. The van der Waals surface area contributed by atoms with E-state index in [4.69, 9.17) is 4.74 Å². The molecule has 3 rings (SSSR count). The van der Waals surface area contributed by atoms with Crippen molar-refractivity contribution in [2.45, 2.75) is 4.90 Å². The van der Waals surface area contributed by atoms with E-state index in [0.717, 1.165) is 16.7 Å². The first kappa shape index (κ1) is 13.0. The highest BCUT2D eigenvalue weighted by atomic mass is 32.2. The van der Waals surface area contributed by atoms with Gasteiger partial charge in [0.05, 0.1) is 12.6 Å². The molecule has 6 heteroatoms. The van der Waals surface area contributed by atoms with Crippen LogP contribution in [0.1, 0.15) is 0 Å². The lowest BCUT2D eigenvalue weighted by molar-refractivity contribution is 0.404. The topological polar surface area (TPSA) is 73.9 Å². The molecule has 1 N–H and O–H groups in total. The van der Waals surface area contributed by atoms with Gasteiger partial charge in [0, 0.05) is 6.20 Å². The number of methoxy groups -OCH3 is 1. The van der Waals surface area contributed by atoms with Crippen molar-refractivity contribution in [3.8, 4) is 17.3 Å². The van der Waals surface area contributed by atoms with Gasteiger partial charge < -0.3 is 14.3 Å². The van der Waals surface area contributed by atoms with Crippen LogP contribution < -0.4 is 4.74 Å². The number of nitrogens with zero attached hydrogens (tertiary/aromatic N) is 2. The van der Waals surface area contributed by atoms with Crippen LogP contribution in [-0.2, 0) is 11.2 Å². The highest BCUT2D eigenvalue weighted by molar-refractivity contribution is 7.91. The number of fused-ring (bicyclic) bond motifs is 1. The second kappa shape index (κ2) is 5.15. The quantitative estimate of drug-likeness (QED) is 0.750. The van der Waals surface area contributed by atoms with E-state index in [2.05, 4.69) is 15.0 Å². The average molecular weight is 287 g/mol. The minimum Gasteiger partial charge on any atom is -0.611 e. The normalized spacial score (nSPS) is 12.6. The van der Waals surface area contributed by atoms with Crippen molar-refractivity contribution in [2.24, 2.45) is 0 Å². The summed E-state index contributed by atoms with van der Waals surface area (Å²) >= 11 is -1.17. The van der Waals surface area contributed by atoms with Crippen LogP contribution in [-0.4, -0.2) is 32.9 Å². The monoisotopic (exact) mass is 287 g/mol. The van der Waals surface area contributed by atoms with E-state index < -0.39 is 11.2 Å². The Morgan fingerprint density at radius 2 is 2.10 bits per heavy atom. The minimum absolute atomic E-state index is 0.592. The third-order valence-electron chi connectivity index (χ3n) is 2.99. The van der Waals surface area contributed by atoms with Crippen LogP contribution in [0.15, 0.2) is 41.4 Å². The molecule has 0 saturated carbocycles. The fraction of sp³-hybridized carbons (Fsp3) is 0.143. The Morgan fingerprint density at radius 3 is 2.75 bits per heavy atom. The second-order valence-electron chi connectivity index (χ2n) is 4.25. The summed E-state index contributed by atoms with van der Waals surface area (Å²) in [5.74, 6) is 1.25. The molecule has 0 spiro atoms. The zero-order chi connectivity index (χ0) is 14.1. The van der Waals surface area contributed by atoms with Crippen LogP contribution in [0.3, 0.4) is 0 Å². The molecule has 5 nitrogen and oxygen atoms in total. The molecule has 102 valence electrons. The first-order valence-electron chi connectivity index (χ1n) is 6.02. The summed E-state index contributed by atoms with van der Waals surface area (Å²) in [5.41, 5.74) is 2.22. The van der Waals surface area contributed by atoms with E-state index in [0.29, 0.717) is 16.5 Å². The predicted molar refractivity (Wildman–Crippen MR) is 78.2 cm³/mol. The average Bonchev–Trinajstić information content (AvgIpc) is 2.90. The molecule has 0 saturated heterocycles. The summed E-state index contributed by atoms with van der Waals surface area (Å²) in [6.07, 6.45) is 3.33. The van der Waals surface area contributed by atoms with E-state index in [1.54, 1.807) is 25.6 Å². The predicted octanol–water partition coefficient (Wildman–Crippen LogP) is 2.37. The molecule has 0 amide bonds.